The number of pyridine rings is 1. The normalized spacial score (nSPS) is 10.5. The molecule has 0 saturated heterocycles. The van der Waals surface area contributed by atoms with E-state index >= 15 is 0 Å². The van der Waals surface area contributed by atoms with Gasteiger partial charge in [0.15, 0.2) is 0 Å². The summed E-state index contributed by atoms with van der Waals surface area (Å²) in [6, 6.07) is 11.1. The third-order valence-electron chi connectivity index (χ3n) is 4.30. The number of rotatable bonds is 7. The van der Waals surface area contributed by atoms with Crippen molar-refractivity contribution in [2.24, 2.45) is 0 Å². The Labute approximate surface area is 179 Å². The maximum absolute atomic E-state index is 12.8. The molecule has 1 N–H and O–H groups in total. The number of hydrogen-bond acceptors (Lipinski definition) is 6. The maximum atomic E-state index is 12.8. The Morgan fingerprint density at radius 2 is 1.80 bits per heavy atom. The van der Waals surface area contributed by atoms with E-state index in [2.05, 4.69) is 10.3 Å². The van der Waals surface area contributed by atoms with Crippen LogP contribution in [-0.2, 0) is 4.74 Å². The topological polar surface area (TPSA) is 77.5 Å². The number of thiophene rings is 1. The Kier molecular flexibility index (Phi) is 6.84. The molecule has 0 fully saturated rings. The molecule has 3 rings (SSSR count). The fourth-order valence-electron chi connectivity index (χ4n) is 3.09. The summed E-state index contributed by atoms with van der Waals surface area (Å²) in [4.78, 5) is 29.8. The molecule has 0 bridgehead atoms. The monoisotopic (exact) mass is 424 g/mol. The molecule has 6 nitrogen and oxygen atoms in total. The van der Waals surface area contributed by atoms with E-state index < -0.39 is 5.97 Å². The second-order valence-corrected chi connectivity index (χ2v) is 7.54. The molecule has 1 amide bonds. The molecule has 0 unspecified atom stereocenters. The number of ether oxygens (including phenoxy) is 2. The first kappa shape index (κ1) is 21.5. The molecule has 0 radical (unpaired) electrons. The summed E-state index contributed by atoms with van der Waals surface area (Å²) in [5.74, 6) is -0.0951. The van der Waals surface area contributed by atoms with Gasteiger partial charge in [0, 0.05) is 16.6 Å². The van der Waals surface area contributed by atoms with Gasteiger partial charge in [-0.15, -0.1) is 11.3 Å². The Hall–Kier alpha value is -3.19. The smallest absolute Gasteiger partial charge is 0.341 e. The van der Waals surface area contributed by atoms with Crippen LogP contribution in [0.15, 0.2) is 41.8 Å². The summed E-state index contributed by atoms with van der Waals surface area (Å²) in [6.45, 7) is 8.23. The second-order valence-electron chi connectivity index (χ2n) is 6.66. The van der Waals surface area contributed by atoms with E-state index in [0.717, 1.165) is 22.6 Å². The Balaban J connectivity index is 1.96. The molecule has 156 valence electrons. The van der Waals surface area contributed by atoms with Gasteiger partial charge >= 0.3 is 5.97 Å². The van der Waals surface area contributed by atoms with Gasteiger partial charge in [-0.2, -0.15) is 0 Å². The Morgan fingerprint density at radius 3 is 2.43 bits per heavy atom. The van der Waals surface area contributed by atoms with Crippen molar-refractivity contribution >= 4 is 28.2 Å². The minimum Gasteiger partial charge on any atom is -0.494 e. The van der Waals surface area contributed by atoms with Gasteiger partial charge in [0.2, 0.25) is 0 Å². The van der Waals surface area contributed by atoms with E-state index in [1.54, 1.807) is 13.0 Å². The van der Waals surface area contributed by atoms with Gasteiger partial charge in [0.25, 0.3) is 5.91 Å². The number of esters is 1. The SMILES string of the molecule is CCOC(=O)c1c(-c2ccc(OCC)cc2)csc1NC(=O)c1cc(C)cc(C)n1. The second kappa shape index (κ2) is 9.54. The highest BCUT2D eigenvalue weighted by molar-refractivity contribution is 7.15. The van der Waals surface area contributed by atoms with Crippen LogP contribution in [0, 0.1) is 13.8 Å². The maximum Gasteiger partial charge on any atom is 0.341 e. The van der Waals surface area contributed by atoms with Gasteiger partial charge in [0.05, 0.1) is 13.2 Å². The van der Waals surface area contributed by atoms with Crippen LogP contribution >= 0.6 is 11.3 Å². The van der Waals surface area contributed by atoms with Crippen LogP contribution in [0.4, 0.5) is 5.00 Å². The fourth-order valence-corrected chi connectivity index (χ4v) is 4.04. The molecule has 0 aliphatic rings. The highest BCUT2D eigenvalue weighted by Crippen LogP contribution is 2.37. The van der Waals surface area contributed by atoms with Crippen LogP contribution < -0.4 is 10.1 Å². The van der Waals surface area contributed by atoms with Crippen molar-refractivity contribution in [2.75, 3.05) is 18.5 Å². The molecule has 3 aromatic rings. The van der Waals surface area contributed by atoms with Crippen LogP contribution in [0.25, 0.3) is 11.1 Å². The lowest BCUT2D eigenvalue weighted by atomic mass is 10.0. The van der Waals surface area contributed by atoms with E-state index in [9.17, 15) is 9.59 Å². The number of aromatic nitrogens is 1. The summed E-state index contributed by atoms with van der Waals surface area (Å²) >= 11 is 1.28. The van der Waals surface area contributed by atoms with Gasteiger partial charge < -0.3 is 14.8 Å². The van der Waals surface area contributed by atoms with E-state index in [0.29, 0.717) is 28.4 Å². The van der Waals surface area contributed by atoms with Crippen LogP contribution in [0.3, 0.4) is 0 Å². The predicted molar refractivity (Wildman–Crippen MR) is 119 cm³/mol. The predicted octanol–water partition coefficient (Wildman–Crippen LogP) is 5.25. The number of amides is 1. The summed E-state index contributed by atoms with van der Waals surface area (Å²) in [6.07, 6.45) is 0. The average Bonchev–Trinajstić information content (AvgIpc) is 3.12. The van der Waals surface area contributed by atoms with Crippen molar-refractivity contribution < 1.29 is 19.1 Å². The molecule has 1 aromatic carbocycles. The number of nitrogens with one attached hydrogen (secondary N) is 1. The molecule has 0 spiro atoms. The minimum absolute atomic E-state index is 0.239. The molecule has 0 saturated carbocycles. The quantitative estimate of drug-likeness (QED) is 0.524. The largest absolute Gasteiger partial charge is 0.494 e. The lowest BCUT2D eigenvalue weighted by molar-refractivity contribution is 0.0529. The first-order valence-electron chi connectivity index (χ1n) is 9.71. The van der Waals surface area contributed by atoms with Crippen molar-refractivity contribution in [1.82, 2.24) is 4.98 Å². The lowest BCUT2D eigenvalue weighted by Crippen LogP contribution is -2.16. The van der Waals surface area contributed by atoms with Crippen molar-refractivity contribution in [2.45, 2.75) is 27.7 Å². The number of anilines is 1. The molecule has 0 aliphatic carbocycles. The van der Waals surface area contributed by atoms with Gasteiger partial charge in [-0.1, -0.05) is 12.1 Å². The standard InChI is InChI=1S/C23H24N2O4S/c1-5-28-17-9-7-16(8-10-17)18-13-30-22(20(18)23(27)29-6-2)25-21(26)19-12-14(3)11-15(4)24-19/h7-13H,5-6H2,1-4H3,(H,25,26). The molecular formula is C23H24N2O4S. The summed E-state index contributed by atoms with van der Waals surface area (Å²) in [5.41, 5.74) is 3.88. The Morgan fingerprint density at radius 1 is 1.07 bits per heavy atom. The van der Waals surface area contributed by atoms with Crippen LogP contribution in [0.1, 0.15) is 46.0 Å². The highest BCUT2D eigenvalue weighted by atomic mass is 32.1. The third kappa shape index (κ3) is 4.86. The lowest BCUT2D eigenvalue weighted by Gasteiger charge is -2.10. The molecule has 0 aliphatic heterocycles. The number of carbonyl (C=O) groups is 2. The van der Waals surface area contributed by atoms with Gasteiger partial charge in [-0.05, 0) is 63.1 Å². The van der Waals surface area contributed by atoms with E-state index in [1.165, 1.54) is 11.3 Å². The molecule has 2 aromatic heterocycles. The van der Waals surface area contributed by atoms with E-state index in [1.807, 2.05) is 56.5 Å². The van der Waals surface area contributed by atoms with E-state index in [4.69, 9.17) is 9.47 Å². The van der Waals surface area contributed by atoms with Gasteiger partial charge in [0.1, 0.15) is 22.0 Å². The van der Waals surface area contributed by atoms with E-state index in [-0.39, 0.29) is 12.5 Å². The van der Waals surface area contributed by atoms with Crippen LogP contribution in [-0.4, -0.2) is 30.1 Å². The summed E-state index contributed by atoms with van der Waals surface area (Å²) in [7, 11) is 0. The fraction of sp³-hybridized carbons (Fsp3) is 0.261. The minimum atomic E-state index is -0.480. The number of benzene rings is 1. The van der Waals surface area contributed by atoms with Gasteiger partial charge in [-0.3, -0.25) is 4.79 Å². The number of aryl methyl sites for hydroxylation is 2. The Bertz CT molecular complexity index is 1040. The first-order chi connectivity index (χ1) is 14.4. The third-order valence-corrected chi connectivity index (χ3v) is 5.20. The molecule has 0 atom stereocenters. The summed E-state index contributed by atoms with van der Waals surface area (Å²) < 4.78 is 10.7. The van der Waals surface area contributed by atoms with Crippen molar-refractivity contribution in [3.63, 3.8) is 0 Å². The highest BCUT2D eigenvalue weighted by Gasteiger charge is 2.23. The molecule has 7 heteroatoms. The van der Waals surface area contributed by atoms with Crippen molar-refractivity contribution in [1.29, 1.82) is 0 Å². The van der Waals surface area contributed by atoms with Crippen molar-refractivity contribution in [3.8, 4) is 16.9 Å². The van der Waals surface area contributed by atoms with Crippen LogP contribution in [0.5, 0.6) is 5.75 Å². The zero-order chi connectivity index (χ0) is 21.7. The van der Waals surface area contributed by atoms with Crippen LogP contribution in [0.2, 0.25) is 0 Å². The molecule has 30 heavy (non-hydrogen) atoms. The van der Waals surface area contributed by atoms with Crippen molar-refractivity contribution in [3.05, 3.63) is 64.3 Å². The zero-order valence-electron chi connectivity index (χ0n) is 17.4. The first-order valence-corrected chi connectivity index (χ1v) is 10.6. The number of carbonyl (C=O) groups excluding carboxylic acids is 2. The zero-order valence-corrected chi connectivity index (χ0v) is 18.3. The number of hydrogen-bond donors (Lipinski definition) is 1. The summed E-state index contributed by atoms with van der Waals surface area (Å²) in [5, 5.41) is 5.11. The van der Waals surface area contributed by atoms with Gasteiger partial charge in [-0.25, -0.2) is 9.78 Å². The molecular weight excluding hydrogens is 400 g/mol. The molecule has 2 heterocycles. The average molecular weight is 425 g/mol. The number of nitrogens with zero attached hydrogens (tertiary/aromatic N) is 1.